The average molecular weight is 470 g/mol. The Kier molecular flexibility index (Phi) is 8.75. The molecule has 188 valence electrons. The van der Waals surface area contributed by atoms with Gasteiger partial charge in [-0.05, 0) is 93.1 Å². The second kappa shape index (κ2) is 11.2. The summed E-state index contributed by atoms with van der Waals surface area (Å²) in [6, 6.07) is -0.939. The van der Waals surface area contributed by atoms with E-state index in [0.717, 1.165) is 36.8 Å². The predicted octanol–water partition coefficient (Wildman–Crippen LogP) is 8.42. The van der Waals surface area contributed by atoms with Gasteiger partial charge < -0.3 is 0 Å². The molecular weight excluding hydrogens is 426 g/mol. The number of nitrogens with zero attached hydrogens (tertiary/aromatic N) is 3. The highest BCUT2D eigenvalue weighted by Gasteiger charge is 2.48. The first-order valence-electron chi connectivity index (χ1n) is 13.2. The van der Waals surface area contributed by atoms with Gasteiger partial charge in [-0.15, -0.1) is 0 Å². The molecule has 6 heteroatoms. The van der Waals surface area contributed by atoms with E-state index in [4.69, 9.17) is 0 Å². The summed E-state index contributed by atoms with van der Waals surface area (Å²) < 4.78 is 0. The van der Waals surface area contributed by atoms with Crippen LogP contribution in [-0.2, 0) is 0 Å². The van der Waals surface area contributed by atoms with Gasteiger partial charge in [0.15, 0.2) is 0 Å². The molecule has 6 nitrogen and oxygen atoms in total. The molecule has 3 aliphatic carbocycles. The Bertz CT molecular complexity index is 846. The van der Waals surface area contributed by atoms with E-state index < -0.39 is 17.6 Å². The minimum atomic E-state index is -0.544. The van der Waals surface area contributed by atoms with Crippen molar-refractivity contribution in [1.82, 2.24) is 0 Å². The van der Waals surface area contributed by atoms with Crippen LogP contribution in [0.4, 0.5) is 0 Å². The standard InChI is InChI=1S/C28H43N3O3/c1-19(9-7-15-27(3,4)31-34)24-11-6-12-25-21(10-8-16-28(24,25)5)13-14-22-17-23(29-32)18-26(30-33)20(22)2/h13-14,19,23-26H,2,6-12,15-18H2,1,3-5H3/b21-13+,22-14-/t19-,23-,24?,25?,26+,28-/m1/s1. The molecule has 3 fully saturated rings. The molecule has 6 atom stereocenters. The Balaban J connectivity index is 1.76. The summed E-state index contributed by atoms with van der Waals surface area (Å²) in [5, 5.41) is 9.68. The van der Waals surface area contributed by atoms with E-state index in [2.05, 4.69) is 48.1 Å². The first-order valence-corrected chi connectivity index (χ1v) is 13.2. The molecule has 3 rings (SSSR count). The maximum atomic E-state index is 11.2. The molecule has 0 aromatic heterocycles. The van der Waals surface area contributed by atoms with Crippen molar-refractivity contribution in [2.75, 3.05) is 0 Å². The van der Waals surface area contributed by atoms with Gasteiger partial charge >= 0.3 is 0 Å². The van der Waals surface area contributed by atoms with Gasteiger partial charge in [-0.3, -0.25) is 0 Å². The van der Waals surface area contributed by atoms with Crippen molar-refractivity contribution in [2.45, 2.75) is 116 Å². The molecule has 0 heterocycles. The first-order chi connectivity index (χ1) is 16.1. The van der Waals surface area contributed by atoms with Gasteiger partial charge in [-0.25, -0.2) is 0 Å². The fourth-order valence-corrected chi connectivity index (χ4v) is 7.17. The second-order valence-electron chi connectivity index (χ2n) is 12.0. The van der Waals surface area contributed by atoms with Crippen molar-refractivity contribution in [3.63, 3.8) is 0 Å². The topological polar surface area (TPSA) is 88.3 Å². The molecule has 0 amide bonds. The monoisotopic (exact) mass is 469 g/mol. The third kappa shape index (κ3) is 5.80. The minimum Gasteiger partial charge on any atom is -0.151 e. The van der Waals surface area contributed by atoms with Crippen molar-refractivity contribution in [3.05, 3.63) is 50.2 Å². The van der Waals surface area contributed by atoms with Crippen molar-refractivity contribution in [1.29, 1.82) is 0 Å². The Labute approximate surface area is 205 Å². The van der Waals surface area contributed by atoms with E-state index in [-0.39, 0.29) is 0 Å². The molecule has 3 saturated carbocycles. The van der Waals surface area contributed by atoms with Gasteiger partial charge in [0, 0.05) is 6.42 Å². The van der Waals surface area contributed by atoms with Gasteiger partial charge in [0.05, 0.1) is 11.6 Å². The quantitative estimate of drug-likeness (QED) is 0.317. The predicted molar refractivity (Wildman–Crippen MR) is 139 cm³/mol. The molecule has 34 heavy (non-hydrogen) atoms. The number of hydrogen-bond acceptors (Lipinski definition) is 6. The fourth-order valence-electron chi connectivity index (χ4n) is 7.17. The van der Waals surface area contributed by atoms with Gasteiger partial charge in [-0.1, -0.05) is 72.9 Å². The largest absolute Gasteiger partial charge is 0.151 e. The lowest BCUT2D eigenvalue weighted by Crippen LogP contribution is -2.44. The van der Waals surface area contributed by atoms with Crippen LogP contribution in [0.1, 0.15) is 98.3 Å². The van der Waals surface area contributed by atoms with Gasteiger partial charge in [0.1, 0.15) is 6.04 Å². The molecule has 0 N–H and O–H groups in total. The zero-order valence-electron chi connectivity index (χ0n) is 21.6. The molecule has 0 spiro atoms. The van der Waals surface area contributed by atoms with E-state index in [1.165, 1.54) is 37.7 Å². The number of allylic oxidation sites excluding steroid dienone is 3. The zero-order chi connectivity index (χ0) is 24.9. The Morgan fingerprint density at radius 2 is 1.91 bits per heavy atom. The van der Waals surface area contributed by atoms with E-state index in [0.29, 0.717) is 36.0 Å². The van der Waals surface area contributed by atoms with Crippen molar-refractivity contribution >= 4 is 0 Å². The summed E-state index contributed by atoms with van der Waals surface area (Å²) in [5.41, 5.74) is 3.03. The lowest BCUT2D eigenvalue weighted by Gasteiger charge is -2.54. The van der Waals surface area contributed by atoms with Gasteiger partial charge in [-0.2, -0.15) is 14.7 Å². The van der Waals surface area contributed by atoms with Crippen molar-refractivity contribution in [2.24, 2.45) is 38.7 Å². The average Bonchev–Trinajstić information content (AvgIpc) is 2.82. The second-order valence-corrected chi connectivity index (χ2v) is 12.0. The van der Waals surface area contributed by atoms with Crippen molar-refractivity contribution in [3.8, 4) is 0 Å². The van der Waals surface area contributed by atoms with Crippen LogP contribution in [0, 0.1) is 37.9 Å². The summed E-state index contributed by atoms with van der Waals surface area (Å²) in [4.78, 5) is 33.4. The SMILES string of the molecule is C=C1/C(=C\C=C2/CCC[C@@]3(C)C2CCCC3[C@H](C)CCCC(C)(C)N=O)C[C@@H](N=O)C[C@@H]1N=O. The Morgan fingerprint density at radius 3 is 2.59 bits per heavy atom. The third-order valence-corrected chi connectivity index (χ3v) is 9.20. The molecular formula is C28H43N3O3. The van der Waals surface area contributed by atoms with E-state index in [9.17, 15) is 14.7 Å². The molecule has 2 unspecified atom stereocenters. The van der Waals surface area contributed by atoms with Crippen LogP contribution in [0.2, 0.25) is 0 Å². The molecule has 0 aromatic carbocycles. The van der Waals surface area contributed by atoms with Gasteiger partial charge in [0.2, 0.25) is 0 Å². The minimum absolute atomic E-state index is 0.294. The van der Waals surface area contributed by atoms with Crippen LogP contribution in [0.15, 0.2) is 51.0 Å². The number of rotatable bonds is 9. The maximum absolute atomic E-state index is 11.2. The first kappa shape index (κ1) is 26.6. The number of hydrogen-bond donors (Lipinski definition) is 0. The zero-order valence-corrected chi connectivity index (χ0v) is 21.6. The highest BCUT2D eigenvalue weighted by molar-refractivity contribution is 5.40. The molecule has 0 saturated heterocycles. The lowest BCUT2D eigenvalue weighted by molar-refractivity contribution is -0.00149. The summed E-state index contributed by atoms with van der Waals surface area (Å²) in [6.45, 7) is 12.9. The van der Waals surface area contributed by atoms with E-state index >= 15 is 0 Å². The summed E-state index contributed by atoms with van der Waals surface area (Å²) >= 11 is 0. The highest BCUT2D eigenvalue weighted by atomic mass is 16.3. The van der Waals surface area contributed by atoms with Crippen LogP contribution in [-0.4, -0.2) is 17.6 Å². The molecule has 0 radical (unpaired) electrons. The van der Waals surface area contributed by atoms with Crippen molar-refractivity contribution < 1.29 is 0 Å². The Hall–Kier alpha value is -1.98. The van der Waals surface area contributed by atoms with Crippen LogP contribution in [0.5, 0.6) is 0 Å². The fraction of sp³-hybridized carbons (Fsp3) is 0.786. The van der Waals surface area contributed by atoms with Crippen LogP contribution < -0.4 is 0 Å². The number of fused-ring (bicyclic) bond motifs is 1. The smallest absolute Gasteiger partial charge is 0.119 e. The number of nitroso groups, excluding NO2 is 3. The van der Waals surface area contributed by atoms with Crippen LogP contribution in [0.3, 0.4) is 0 Å². The van der Waals surface area contributed by atoms with E-state index in [1.807, 2.05) is 13.8 Å². The van der Waals surface area contributed by atoms with Crippen LogP contribution in [0.25, 0.3) is 0 Å². The van der Waals surface area contributed by atoms with E-state index in [1.54, 1.807) is 0 Å². The third-order valence-electron chi connectivity index (χ3n) is 9.20. The molecule has 0 bridgehead atoms. The summed E-state index contributed by atoms with van der Waals surface area (Å²) in [6.07, 6.45) is 15.7. The molecule has 0 aliphatic heterocycles. The highest BCUT2D eigenvalue weighted by Crippen LogP contribution is 2.57. The molecule has 0 aromatic rings. The summed E-state index contributed by atoms with van der Waals surface area (Å²) in [7, 11) is 0. The maximum Gasteiger partial charge on any atom is 0.119 e. The normalized spacial score (nSPS) is 35.6. The molecule has 3 aliphatic rings. The van der Waals surface area contributed by atoms with Crippen LogP contribution >= 0.6 is 0 Å². The lowest BCUT2D eigenvalue weighted by atomic mass is 9.51. The Morgan fingerprint density at radius 1 is 1.15 bits per heavy atom. The summed E-state index contributed by atoms with van der Waals surface area (Å²) in [5.74, 6) is 1.89. The van der Waals surface area contributed by atoms with Gasteiger partial charge in [0.25, 0.3) is 0 Å².